The van der Waals surface area contributed by atoms with Crippen molar-refractivity contribution in [3.63, 3.8) is 0 Å². The highest BCUT2D eigenvalue weighted by molar-refractivity contribution is 5.79. The number of carbonyl (C=O) groups excluding carboxylic acids is 1. The maximum absolute atomic E-state index is 10.9. The first-order chi connectivity index (χ1) is 8.16. The van der Waals surface area contributed by atoms with Crippen molar-refractivity contribution in [2.45, 2.75) is 12.6 Å². The van der Waals surface area contributed by atoms with Gasteiger partial charge in [-0.1, -0.05) is 18.2 Å². The summed E-state index contributed by atoms with van der Waals surface area (Å²) in [5.41, 5.74) is 11.9. The van der Waals surface area contributed by atoms with Crippen LogP contribution in [-0.4, -0.2) is 36.5 Å². The second kappa shape index (κ2) is 5.16. The second-order valence-electron chi connectivity index (χ2n) is 4.20. The third-order valence-corrected chi connectivity index (χ3v) is 2.85. The molecule has 5 heteroatoms. The minimum absolute atomic E-state index is 0.465. The van der Waals surface area contributed by atoms with Gasteiger partial charge < -0.3 is 16.2 Å². The summed E-state index contributed by atoms with van der Waals surface area (Å²) in [6, 6.07) is 7.26. The summed E-state index contributed by atoms with van der Waals surface area (Å²) in [6.07, 6.45) is 0. The highest BCUT2D eigenvalue weighted by Crippen LogP contribution is 2.22. The third-order valence-electron chi connectivity index (χ3n) is 2.85. The van der Waals surface area contributed by atoms with Crippen molar-refractivity contribution in [1.82, 2.24) is 4.90 Å². The molecule has 0 radical (unpaired) electrons. The Morgan fingerprint density at radius 1 is 1.47 bits per heavy atom. The number of para-hydroxylation sites is 1. The molecule has 1 heterocycles. The van der Waals surface area contributed by atoms with Crippen LogP contribution in [0.15, 0.2) is 24.3 Å². The lowest BCUT2D eigenvalue weighted by molar-refractivity contribution is -0.119. The number of amides is 1. The van der Waals surface area contributed by atoms with Gasteiger partial charge in [-0.05, 0) is 6.07 Å². The van der Waals surface area contributed by atoms with Gasteiger partial charge in [-0.25, -0.2) is 0 Å². The fourth-order valence-corrected chi connectivity index (χ4v) is 1.90. The number of rotatable bonds is 3. The van der Waals surface area contributed by atoms with Gasteiger partial charge in [-0.15, -0.1) is 0 Å². The Balaban J connectivity index is 2.05. The number of benzene rings is 1. The van der Waals surface area contributed by atoms with Crippen molar-refractivity contribution in [1.29, 1.82) is 0 Å². The first-order valence-electron chi connectivity index (χ1n) is 5.65. The summed E-state index contributed by atoms with van der Waals surface area (Å²) in [4.78, 5) is 13.0. The molecule has 0 spiro atoms. The Morgan fingerprint density at radius 3 is 3.00 bits per heavy atom. The summed E-state index contributed by atoms with van der Waals surface area (Å²) in [7, 11) is 0. The topological polar surface area (TPSA) is 81.6 Å². The Labute approximate surface area is 100 Å². The summed E-state index contributed by atoms with van der Waals surface area (Å²) >= 11 is 0. The Kier molecular flexibility index (Phi) is 3.61. The van der Waals surface area contributed by atoms with E-state index in [-0.39, 0.29) is 0 Å². The first-order valence-corrected chi connectivity index (χ1v) is 5.65. The monoisotopic (exact) mass is 235 g/mol. The van der Waals surface area contributed by atoms with Gasteiger partial charge in [0.25, 0.3) is 0 Å². The van der Waals surface area contributed by atoms with Gasteiger partial charge in [0.2, 0.25) is 5.91 Å². The summed E-state index contributed by atoms with van der Waals surface area (Å²) in [5.74, 6) is 0.436. The van der Waals surface area contributed by atoms with E-state index >= 15 is 0 Å². The lowest BCUT2D eigenvalue weighted by Crippen LogP contribution is -2.46. The lowest BCUT2D eigenvalue weighted by atomic mass is 10.2. The summed E-state index contributed by atoms with van der Waals surface area (Å²) in [5, 5.41) is 0. The molecule has 2 rings (SSSR count). The molecule has 0 bridgehead atoms. The molecule has 0 aliphatic carbocycles. The molecule has 0 aromatic heterocycles. The molecule has 1 aliphatic rings. The zero-order valence-corrected chi connectivity index (χ0v) is 9.63. The highest BCUT2D eigenvalue weighted by Gasteiger charge is 2.19. The molecule has 0 fully saturated rings. The standard InChI is InChI=1S/C12H17N3O2/c13-10(12(14)16)8-15-5-6-17-11-4-2-1-3-9(11)7-15/h1-4,10H,5-8,13H2,(H2,14,16). The minimum Gasteiger partial charge on any atom is -0.492 e. The average Bonchev–Trinajstić information content (AvgIpc) is 2.50. The molecule has 92 valence electrons. The van der Waals surface area contributed by atoms with Crippen LogP contribution >= 0.6 is 0 Å². The van der Waals surface area contributed by atoms with Crippen LogP contribution in [0.5, 0.6) is 5.75 Å². The number of carbonyl (C=O) groups is 1. The number of nitrogens with two attached hydrogens (primary N) is 2. The molecule has 1 aliphatic heterocycles. The smallest absolute Gasteiger partial charge is 0.235 e. The van der Waals surface area contributed by atoms with Gasteiger partial charge in [0, 0.05) is 25.2 Å². The molecule has 1 aromatic carbocycles. The molecule has 1 amide bonds. The highest BCUT2D eigenvalue weighted by atomic mass is 16.5. The minimum atomic E-state index is -0.625. The number of nitrogens with zero attached hydrogens (tertiary/aromatic N) is 1. The predicted octanol–water partition coefficient (Wildman–Crippen LogP) is -0.306. The van der Waals surface area contributed by atoms with E-state index in [1.54, 1.807) is 0 Å². The van der Waals surface area contributed by atoms with Gasteiger partial charge in [0.15, 0.2) is 0 Å². The molecule has 0 saturated heterocycles. The van der Waals surface area contributed by atoms with Gasteiger partial charge in [0.05, 0.1) is 6.04 Å². The Hall–Kier alpha value is -1.59. The van der Waals surface area contributed by atoms with Crippen molar-refractivity contribution in [3.8, 4) is 5.75 Å². The summed E-state index contributed by atoms with van der Waals surface area (Å²) in [6.45, 7) is 2.54. The number of fused-ring (bicyclic) bond motifs is 1. The van der Waals surface area contributed by atoms with Crippen LogP contribution in [0.3, 0.4) is 0 Å². The Bertz CT molecular complexity index is 408. The molecular formula is C12H17N3O2. The molecule has 1 aromatic rings. The van der Waals surface area contributed by atoms with Crippen molar-refractivity contribution in [3.05, 3.63) is 29.8 Å². The summed E-state index contributed by atoms with van der Waals surface area (Å²) < 4.78 is 5.62. The zero-order valence-electron chi connectivity index (χ0n) is 9.63. The van der Waals surface area contributed by atoms with Gasteiger partial charge in [0.1, 0.15) is 12.4 Å². The van der Waals surface area contributed by atoms with E-state index in [9.17, 15) is 4.79 Å². The fourth-order valence-electron chi connectivity index (χ4n) is 1.90. The number of ether oxygens (including phenoxy) is 1. The van der Waals surface area contributed by atoms with Gasteiger partial charge >= 0.3 is 0 Å². The van der Waals surface area contributed by atoms with Crippen LogP contribution in [0.25, 0.3) is 0 Å². The normalized spacial score (nSPS) is 17.7. The van der Waals surface area contributed by atoms with E-state index in [0.717, 1.165) is 24.4 Å². The maximum Gasteiger partial charge on any atom is 0.235 e. The molecule has 17 heavy (non-hydrogen) atoms. The zero-order chi connectivity index (χ0) is 12.3. The molecule has 1 atom stereocenters. The maximum atomic E-state index is 10.9. The van der Waals surface area contributed by atoms with Crippen LogP contribution in [-0.2, 0) is 11.3 Å². The van der Waals surface area contributed by atoms with Crippen LogP contribution in [0.4, 0.5) is 0 Å². The lowest BCUT2D eigenvalue weighted by Gasteiger charge is -2.21. The van der Waals surface area contributed by atoms with Crippen molar-refractivity contribution >= 4 is 5.91 Å². The molecule has 0 saturated carbocycles. The number of hydrogen-bond donors (Lipinski definition) is 2. The van der Waals surface area contributed by atoms with Crippen molar-refractivity contribution in [2.75, 3.05) is 19.7 Å². The quantitative estimate of drug-likeness (QED) is 0.753. The van der Waals surface area contributed by atoms with Crippen molar-refractivity contribution < 1.29 is 9.53 Å². The fraction of sp³-hybridized carbons (Fsp3) is 0.417. The largest absolute Gasteiger partial charge is 0.492 e. The number of primary amides is 1. The van der Waals surface area contributed by atoms with Crippen LogP contribution in [0.1, 0.15) is 5.56 Å². The number of hydrogen-bond acceptors (Lipinski definition) is 4. The molecule has 4 N–H and O–H groups in total. The van der Waals surface area contributed by atoms with Gasteiger partial charge in [-0.2, -0.15) is 0 Å². The SMILES string of the molecule is NC(=O)C(N)CN1CCOc2ccccc2C1. The molecule has 5 nitrogen and oxygen atoms in total. The average molecular weight is 235 g/mol. The first kappa shape index (κ1) is 11.9. The van der Waals surface area contributed by atoms with Crippen molar-refractivity contribution in [2.24, 2.45) is 11.5 Å². The molecule has 1 unspecified atom stereocenters. The molecular weight excluding hydrogens is 218 g/mol. The van der Waals surface area contributed by atoms with E-state index in [0.29, 0.717) is 13.2 Å². The van der Waals surface area contributed by atoms with E-state index in [1.807, 2.05) is 24.3 Å². The van der Waals surface area contributed by atoms with E-state index in [2.05, 4.69) is 4.90 Å². The van der Waals surface area contributed by atoms with E-state index in [1.165, 1.54) is 0 Å². The predicted molar refractivity (Wildman–Crippen MR) is 64.4 cm³/mol. The van der Waals surface area contributed by atoms with Crippen LogP contribution < -0.4 is 16.2 Å². The Morgan fingerprint density at radius 2 is 2.24 bits per heavy atom. The van der Waals surface area contributed by atoms with E-state index < -0.39 is 11.9 Å². The van der Waals surface area contributed by atoms with Crippen LogP contribution in [0.2, 0.25) is 0 Å². The van der Waals surface area contributed by atoms with Crippen LogP contribution in [0, 0.1) is 0 Å². The third kappa shape index (κ3) is 2.95. The van der Waals surface area contributed by atoms with Gasteiger partial charge in [-0.3, -0.25) is 9.69 Å². The second-order valence-corrected chi connectivity index (χ2v) is 4.20. The van der Waals surface area contributed by atoms with E-state index in [4.69, 9.17) is 16.2 Å².